The second kappa shape index (κ2) is 13.0. The summed E-state index contributed by atoms with van der Waals surface area (Å²) in [6.07, 6.45) is -5.21. The molecule has 1 N–H and O–H groups in total. The van der Waals surface area contributed by atoms with Crippen LogP contribution >= 0.6 is 0 Å². The second-order valence-electron chi connectivity index (χ2n) is 10.4. The Morgan fingerprint density at radius 2 is 1.39 bits per heavy atom. The number of hydrogen-bond acceptors (Lipinski definition) is 14. The predicted octanol–water partition coefficient (Wildman–Crippen LogP) is 3.44. The van der Waals surface area contributed by atoms with Crippen LogP contribution in [0.1, 0.15) is 36.7 Å². The third-order valence-electron chi connectivity index (χ3n) is 7.42. The Balaban J connectivity index is 1.74. The standard InChI is InChI=1S/C32H32O14/c1-14(33)43-25-13-42-32(30(45-16(3)35)29(25)44-15(2)34)46-28-19-11-24(40-6)23(39-5)10-18(19)26(27-20(28)12-41-31(27)37)17-7-8-21(36)22(9-17)38-4/h7-11,25,29-30,32,36H,12-13H2,1-6H3. The summed E-state index contributed by atoms with van der Waals surface area (Å²) in [5.74, 6) is -1.94. The van der Waals surface area contributed by atoms with Gasteiger partial charge in [0.1, 0.15) is 12.4 Å². The first kappa shape index (κ1) is 32.2. The van der Waals surface area contributed by atoms with E-state index in [9.17, 15) is 24.3 Å². The SMILES string of the molecule is COc1cc(-c2c3c(c(OC4OCC(OC(C)=O)C(OC(C)=O)C4OC(C)=O)c4cc(OC)c(OC)cc24)COC3=O)ccc1O. The van der Waals surface area contributed by atoms with Gasteiger partial charge in [0.25, 0.3) is 0 Å². The predicted molar refractivity (Wildman–Crippen MR) is 157 cm³/mol. The number of phenolic OH excluding ortho intramolecular Hbond substituents is 1. The van der Waals surface area contributed by atoms with E-state index in [1.807, 2.05) is 0 Å². The maximum atomic E-state index is 13.4. The lowest BCUT2D eigenvalue weighted by Gasteiger charge is -2.40. The van der Waals surface area contributed by atoms with E-state index in [0.29, 0.717) is 39.0 Å². The molecule has 1 fully saturated rings. The zero-order chi connectivity index (χ0) is 33.3. The molecule has 3 aromatic carbocycles. The number of carbonyl (C=O) groups excluding carboxylic acids is 4. The maximum Gasteiger partial charge on any atom is 0.339 e. The molecule has 2 heterocycles. The van der Waals surface area contributed by atoms with E-state index in [1.54, 1.807) is 24.3 Å². The highest BCUT2D eigenvalue weighted by Crippen LogP contribution is 2.49. The number of hydrogen-bond donors (Lipinski definition) is 1. The molecule has 2 aliphatic rings. The first-order chi connectivity index (χ1) is 22.0. The lowest BCUT2D eigenvalue weighted by atomic mass is 9.89. The van der Waals surface area contributed by atoms with Gasteiger partial charge in [-0.05, 0) is 35.2 Å². The van der Waals surface area contributed by atoms with Gasteiger partial charge in [0.15, 0.2) is 35.2 Å². The first-order valence-corrected chi connectivity index (χ1v) is 14.1. The molecule has 1 saturated heterocycles. The summed E-state index contributed by atoms with van der Waals surface area (Å²) in [7, 11) is 4.31. The Morgan fingerprint density at radius 1 is 0.783 bits per heavy atom. The molecule has 0 saturated carbocycles. The van der Waals surface area contributed by atoms with E-state index in [1.165, 1.54) is 34.3 Å². The molecule has 2 aliphatic heterocycles. The monoisotopic (exact) mass is 640 g/mol. The zero-order valence-corrected chi connectivity index (χ0v) is 25.9. The van der Waals surface area contributed by atoms with Crippen LogP contribution in [0, 0.1) is 0 Å². The molecule has 4 atom stereocenters. The summed E-state index contributed by atoms with van der Waals surface area (Å²) < 4.78 is 50.6. The van der Waals surface area contributed by atoms with Gasteiger partial charge in [0.2, 0.25) is 12.4 Å². The van der Waals surface area contributed by atoms with Crippen molar-refractivity contribution < 1.29 is 66.9 Å². The lowest BCUT2D eigenvalue weighted by molar-refractivity contribution is -0.259. The van der Waals surface area contributed by atoms with Crippen LogP contribution in [0.3, 0.4) is 0 Å². The Morgan fingerprint density at radius 3 is 2.00 bits per heavy atom. The third-order valence-corrected chi connectivity index (χ3v) is 7.42. The van der Waals surface area contributed by atoms with Gasteiger partial charge in [-0.15, -0.1) is 0 Å². The minimum absolute atomic E-state index is 0.102. The quantitative estimate of drug-likeness (QED) is 0.266. The fourth-order valence-corrected chi connectivity index (χ4v) is 5.60. The molecule has 0 bridgehead atoms. The van der Waals surface area contributed by atoms with E-state index >= 15 is 0 Å². The van der Waals surface area contributed by atoms with Crippen LogP contribution in [0.25, 0.3) is 21.9 Å². The molecule has 0 radical (unpaired) electrons. The Bertz CT molecular complexity index is 1710. The fourth-order valence-electron chi connectivity index (χ4n) is 5.60. The molecular formula is C32H32O14. The summed E-state index contributed by atoms with van der Waals surface area (Å²) in [5, 5.41) is 11.2. The number of phenols is 1. The van der Waals surface area contributed by atoms with Crippen LogP contribution in [0.15, 0.2) is 30.3 Å². The number of fused-ring (bicyclic) bond motifs is 2. The summed E-state index contributed by atoms with van der Waals surface area (Å²) >= 11 is 0. The van der Waals surface area contributed by atoms with Crippen molar-refractivity contribution in [3.63, 3.8) is 0 Å². The molecule has 5 rings (SSSR count). The van der Waals surface area contributed by atoms with Crippen molar-refractivity contribution >= 4 is 34.6 Å². The maximum absolute atomic E-state index is 13.4. The topological polar surface area (TPSA) is 172 Å². The molecule has 46 heavy (non-hydrogen) atoms. The second-order valence-corrected chi connectivity index (χ2v) is 10.4. The van der Waals surface area contributed by atoms with Crippen LogP contribution in [0.4, 0.5) is 0 Å². The van der Waals surface area contributed by atoms with Crippen molar-refractivity contribution in [2.24, 2.45) is 0 Å². The molecule has 14 heteroatoms. The average molecular weight is 641 g/mol. The minimum Gasteiger partial charge on any atom is -0.504 e. The third kappa shape index (κ3) is 6.03. The highest BCUT2D eigenvalue weighted by Gasteiger charge is 2.49. The van der Waals surface area contributed by atoms with Gasteiger partial charge in [-0.25, -0.2) is 4.79 Å². The summed E-state index contributed by atoms with van der Waals surface area (Å²) in [5.41, 5.74) is 1.45. The summed E-state index contributed by atoms with van der Waals surface area (Å²) in [6, 6.07) is 7.93. The molecule has 0 spiro atoms. The number of cyclic esters (lactones) is 1. The van der Waals surface area contributed by atoms with E-state index < -0.39 is 48.5 Å². The highest BCUT2D eigenvalue weighted by atomic mass is 16.7. The number of esters is 4. The van der Waals surface area contributed by atoms with Crippen LogP contribution < -0.4 is 18.9 Å². The van der Waals surface area contributed by atoms with Crippen LogP contribution in [-0.2, 0) is 44.7 Å². The molecule has 14 nitrogen and oxygen atoms in total. The van der Waals surface area contributed by atoms with Crippen LogP contribution in [0.5, 0.6) is 28.7 Å². The van der Waals surface area contributed by atoms with E-state index in [2.05, 4.69) is 0 Å². The van der Waals surface area contributed by atoms with Gasteiger partial charge in [-0.2, -0.15) is 0 Å². The molecule has 0 aromatic heterocycles. The van der Waals surface area contributed by atoms with Crippen molar-refractivity contribution in [1.29, 1.82) is 0 Å². The normalized spacial score (nSPS) is 20.3. The number of ether oxygens (including phenoxy) is 9. The number of carbonyl (C=O) groups is 4. The van der Waals surface area contributed by atoms with E-state index in [4.69, 9.17) is 42.6 Å². The molecule has 3 aromatic rings. The lowest BCUT2D eigenvalue weighted by Crippen LogP contribution is -2.59. The van der Waals surface area contributed by atoms with Crippen molar-refractivity contribution in [3.8, 4) is 39.9 Å². The van der Waals surface area contributed by atoms with Crippen LogP contribution in [-0.4, -0.2) is 81.5 Å². The number of benzene rings is 3. The zero-order valence-electron chi connectivity index (χ0n) is 25.9. The Hall–Kier alpha value is -5.24. The van der Waals surface area contributed by atoms with Gasteiger partial charge >= 0.3 is 23.9 Å². The van der Waals surface area contributed by atoms with Crippen molar-refractivity contribution in [1.82, 2.24) is 0 Å². The van der Waals surface area contributed by atoms with E-state index in [-0.39, 0.29) is 36.0 Å². The van der Waals surface area contributed by atoms with Crippen LogP contribution in [0.2, 0.25) is 0 Å². The highest BCUT2D eigenvalue weighted by molar-refractivity contribution is 6.14. The fraction of sp³-hybridized carbons (Fsp3) is 0.375. The Labute approximate surface area is 262 Å². The molecular weight excluding hydrogens is 608 g/mol. The van der Waals surface area contributed by atoms with Gasteiger partial charge in [0, 0.05) is 37.3 Å². The summed E-state index contributed by atoms with van der Waals surface area (Å²) in [4.78, 5) is 49.5. The molecule has 244 valence electrons. The average Bonchev–Trinajstić information content (AvgIpc) is 3.39. The number of methoxy groups -OCH3 is 3. The first-order valence-electron chi connectivity index (χ1n) is 14.1. The summed E-state index contributed by atoms with van der Waals surface area (Å²) in [6.45, 7) is 3.01. The van der Waals surface area contributed by atoms with Gasteiger partial charge in [0.05, 0.1) is 33.5 Å². The number of rotatable bonds is 9. The van der Waals surface area contributed by atoms with Gasteiger partial charge in [-0.3, -0.25) is 14.4 Å². The number of aromatic hydroxyl groups is 1. The molecule has 4 unspecified atom stereocenters. The van der Waals surface area contributed by atoms with Crippen molar-refractivity contribution in [2.75, 3.05) is 27.9 Å². The van der Waals surface area contributed by atoms with Crippen molar-refractivity contribution in [2.45, 2.75) is 52.0 Å². The molecule has 0 aliphatic carbocycles. The molecule has 0 amide bonds. The van der Waals surface area contributed by atoms with Crippen molar-refractivity contribution in [3.05, 3.63) is 41.5 Å². The van der Waals surface area contributed by atoms with E-state index in [0.717, 1.165) is 13.8 Å². The van der Waals surface area contributed by atoms with Gasteiger partial charge < -0.3 is 47.7 Å². The smallest absolute Gasteiger partial charge is 0.339 e. The minimum atomic E-state index is -1.41. The largest absolute Gasteiger partial charge is 0.504 e. The van der Waals surface area contributed by atoms with Gasteiger partial charge in [-0.1, -0.05) is 6.07 Å². The Kier molecular flexibility index (Phi) is 9.10.